The molecule has 0 atom stereocenters. The Hall–Kier alpha value is -4.26. The van der Waals surface area contributed by atoms with Gasteiger partial charge in [0.15, 0.2) is 0 Å². The minimum Gasteiger partial charge on any atom is -0.497 e. The Kier molecular flexibility index (Phi) is 5.81. The van der Waals surface area contributed by atoms with E-state index < -0.39 is 11.8 Å². The highest BCUT2D eigenvalue weighted by Crippen LogP contribution is 2.39. The molecule has 0 bridgehead atoms. The number of amides is 2. The van der Waals surface area contributed by atoms with E-state index in [1.165, 1.54) is 14.2 Å². The summed E-state index contributed by atoms with van der Waals surface area (Å²) in [6, 6.07) is 21.1. The summed E-state index contributed by atoms with van der Waals surface area (Å²) in [5, 5.41) is 3.12. The maximum absolute atomic E-state index is 13.6. The summed E-state index contributed by atoms with van der Waals surface area (Å²) in [5.74, 6) is 0.623. The summed E-state index contributed by atoms with van der Waals surface area (Å²) in [7, 11) is 4.60. The number of nitrogens with zero attached hydrogens (tertiary/aromatic N) is 1. The second-order valence-corrected chi connectivity index (χ2v) is 6.92. The lowest BCUT2D eigenvalue weighted by atomic mass is 10.0. The van der Waals surface area contributed by atoms with Crippen LogP contribution in [-0.2, 0) is 9.59 Å². The lowest BCUT2D eigenvalue weighted by Crippen LogP contribution is -2.32. The van der Waals surface area contributed by atoms with Gasteiger partial charge in [-0.2, -0.15) is 0 Å². The van der Waals surface area contributed by atoms with Crippen LogP contribution in [-0.4, -0.2) is 33.1 Å². The molecule has 1 aliphatic heterocycles. The van der Waals surface area contributed by atoms with E-state index in [0.29, 0.717) is 34.2 Å². The van der Waals surface area contributed by atoms with E-state index in [4.69, 9.17) is 14.2 Å². The summed E-state index contributed by atoms with van der Waals surface area (Å²) in [4.78, 5) is 28.2. The molecule has 3 aromatic carbocycles. The normalized spacial score (nSPS) is 13.4. The molecule has 3 aromatic rings. The number of hydrogen-bond acceptors (Lipinski definition) is 6. The number of rotatable bonds is 7. The van der Waals surface area contributed by atoms with Crippen molar-refractivity contribution in [1.82, 2.24) is 0 Å². The van der Waals surface area contributed by atoms with Crippen molar-refractivity contribution in [2.24, 2.45) is 0 Å². The molecule has 0 aliphatic carbocycles. The minimum absolute atomic E-state index is 0.120. The third kappa shape index (κ3) is 3.65. The number of ether oxygens (including phenoxy) is 3. The smallest absolute Gasteiger partial charge is 0.282 e. The van der Waals surface area contributed by atoms with Crippen LogP contribution in [0.4, 0.5) is 11.4 Å². The zero-order chi connectivity index (χ0) is 22.7. The molecule has 0 aromatic heterocycles. The van der Waals surface area contributed by atoms with E-state index in [1.807, 2.05) is 6.07 Å². The van der Waals surface area contributed by atoms with Crippen molar-refractivity contribution in [1.29, 1.82) is 0 Å². The van der Waals surface area contributed by atoms with Crippen LogP contribution in [0.25, 0.3) is 5.57 Å². The Bertz CT molecular complexity index is 1200. The Morgan fingerprint density at radius 2 is 1.41 bits per heavy atom. The van der Waals surface area contributed by atoms with Crippen LogP contribution in [0.3, 0.4) is 0 Å². The summed E-state index contributed by atoms with van der Waals surface area (Å²) >= 11 is 0. The monoisotopic (exact) mass is 430 g/mol. The molecule has 0 saturated carbocycles. The molecule has 1 heterocycles. The molecule has 1 N–H and O–H groups in total. The molecule has 7 heteroatoms. The topological polar surface area (TPSA) is 77.1 Å². The van der Waals surface area contributed by atoms with Gasteiger partial charge in [-0.05, 0) is 30.3 Å². The van der Waals surface area contributed by atoms with E-state index in [9.17, 15) is 9.59 Å². The number of nitrogens with one attached hydrogen (secondary N) is 1. The van der Waals surface area contributed by atoms with Crippen LogP contribution in [0.5, 0.6) is 17.2 Å². The minimum atomic E-state index is -0.480. The van der Waals surface area contributed by atoms with Crippen LogP contribution < -0.4 is 24.4 Å². The number of anilines is 2. The van der Waals surface area contributed by atoms with Gasteiger partial charge in [-0.15, -0.1) is 0 Å². The number of para-hydroxylation sites is 2. The average Bonchev–Trinajstić information content (AvgIpc) is 3.08. The highest BCUT2D eigenvalue weighted by Gasteiger charge is 2.41. The molecule has 0 saturated heterocycles. The fraction of sp³-hybridized carbons (Fsp3) is 0.120. The molecular formula is C25H22N2O5. The first-order valence-electron chi connectivity index (χ1n) is 9.89. The molecule has 7 nitrogen and oxygen atoms in total. The van der Waals surface area contributed by atoms with Crippen molar-refractivity contribution in [3.8, 4) is 17.2 Å². The van der Waals surface area contributed by atoms with Crippen LogP contribution in [0.1, 0.15) is 5.56 Å². The van der Waals surface area contributed by atoms with Gasteiger partial charge in [0.2, 0.25) is 0 Å². The molecule has 0 fully saturated rings. The zero-order valence-corrected chi connectivity index (χ0v) is 17.9. The number of methoxy groups -OCH3 is 3. The maximum atomic E-state index is 13.6. The molecule has 32 heavy (non-hydrogen) atoms. The first kappa shape index (κ1) is 21.0. The van der Waals surface area contributed by atoms with E-state index in [1.54, 1.807) is 73.8 Å². The molecule has 2 amide bonds. The first-order chi connectivity index (χ1) is 15.6. The van der Waals surface area contributed by atoms with Crippen molar-refractivity contribution in [2.45, 2.75) is 0 Å². The predicted octanol–water partition coefficient (Wildman–Crippen LogP) is 4.11. The van der Waals surface area contributed by atoms with Gasteiger partial charge in [0.1, 0.15) is 22.9 Å². The lowest BCUT2D eigenvalue weighted by Gasteiger charge is -2.16. The summed E-state index contributed by atoms with van der Waals surface area (Å²) in [6.45, 7) is 0. The van der Waals surface area contributed by atoms with Gasteiger partial charge in [0.05, 0.1) is 38.3 Å². The first-order valence-corrected chi connectivity index (χ1v) is 9.89. The number of carbonyl (C=O) groups is 2. The van der Waals surface area contributed by atoms with Crippen LogP contribution in [0, 0.1) is 0 Å². The Labute approximate surface area is 185 Å². The standard InChI is InChI=1S/C25H22N2O5/c1-30-17-13-14-21(32-3)19(15-17)26-23-22(18-11-7-8-12-20(18)31-2)24(28)27(25(23)29)16-9-5-4-6-10-16/h4-15,26H,1-3H3. The molecule has 0 unspecified atom stereocenters. The van der Waals surface area contributed by atoms with E-state index >= 15 is 0 Å². The quantitative estimate of drug-likeness (QED) is 0.569. The summed E-state index contributed by atoms with van der Waals surface area (Å²) < 4.78 is 16.2. The summed E-state index contributed by atoms with van der Waals surface area (Å²) in [5.41, 5.74) is 1.81. The Balaban J connectivity index is 1.89. The van der Waals surface area contributed by atoms with Crippen molar-refractivity contribution in [2.75, 3.05) is 31.5 Å². The van der Waals surface area contributed by atoms with E-state index in [2.05, 4.69) is 5.32 Å². The number of hydrogen-bond donors (Lipinski definition) is 1. The van der Waals surface area contributed by atoms with Crippen LogP contribution in [0.15, 0.2) is 78.5 Å². The predicted molar refractivity (Wildman–Crippen MR) is 122 cm³/mol. The molecule has 162 valence electrons. The van der Waals surface area contributed by atoms with Crippen LogP contribution in [0.2, 0.25) is 0 Å². The van der Waals surface area contributed by atoms with Crippen molar-refractivity contribution in [3.05, 3.63) is 84.1 Å². The van der Waals surface area contributed by atoms with Gasteiger partial charge in [0.25, 0.3) is 11.8 Å². The fourth-order valence-electron chi connectivity index (χ4n) is 3.60. The van der Waals surface area contributed by atoms with Gasteiger partial charge in [0, 0.05) is 11.6 Å². The third-order valence-electron chi connectivity index (χ3n) is 5.14. The second-order valence-electron chi connectivity index (χ2n) is 6.92. The maximum Gasteiger partial charge on any atom is 0.282 e. The molecule has 0 spiro atoms. The van der Waals surface area contributed by atoms with Gasteiger partial charge in [-0.3, -0.25) is 9.59 Å². The van der Waals surface area contributed by atoms with Crippen LogP contribution >= 0.6 is 0 Å². The Morgan fingerprint density at radius 3 is 2.09 bits per heavy atom. The van der Waals surface area contributed by atoms with Crippen molar-refractivity contribution >= 4 is 28.8 Å². The van der Waals surface area contributed by atoms with Gasteiger partial charge >= 0.3 is 0 Å². The summed E-state index contributed by atoms with van der Waals surface area (Å²) in [6.07, 6.45) is 0. The SMILES string of the molecule is COc1ccc(OC)c(NC2=C(c3ccccc3OC)C(=O)N(c3ccccc3)C2=O)c1. The molecule has 0 radical (unpaired) electrons. The van der Waals surface area contributed by atoms with Gasteiger partial charge < -0.3 is 19.5 Å². The number of imide groups is 1. The molecular weight excluding hydrogens is 408 g/mol. The number of benzene rings is 3. The average molecular weight is 430 g/mol. The second kappa shape index (κ2) is 8.85. The highest BCUT2D eigenvalue weighted by atomic mass is 16.5. The number of carbonyl (C=O) groups excluding carboxylic acids is 2. The largest absolute Gasteiger partial charge is 0.497 e. The zero-order valence-electron chi connectivity index (χ0n) is 17.9. The van der Waals surface area contributed by atoms with Gasteiger partial charge in [-0.1, -0.05) is 36.4 Å². The lowest BCUT2D eigenvalue weighted by molar-refractivity contribution is -0.120. The van der Waals surface area contributed by atoms with E-state index in [0.717, 1.165) is 4.90 Å². The Morgan fingerprint density at radius 1 is 0.719 bits per heavy atom. The van der Waals surface area contributed by atoms with Crippen molar-refractivity contribution in [3.63, 3.8) is 0 Å². The molecule has 4 rings (SSSR count). The molecule has 1 aliphatic rings. The highest BCUT2D eigenvalue weighted by molar-refractivity contribution is 6.46. The third-order valence-corrected chi connectivity index (χ3v) is 5.14. The van der Waals surface area contributed by atoms with E-state index in [-0.39, 0.29) is 11.3 Å². The fourth-order valence-corrected chi connectivity index (χ4v) is 3.60. The van der Waals surface area contributed by atoms with Crippen molar-refractivity contribution < 1.29 is 23.8 Å². The van der Waals surface area contributed by atoms with Gasteiger partial charge in [-0.25, -0.2) is 4.90 Å².